The summed E-state index contributed by atoms with van der Waals surface area (Å²) in [6, 6.07) is 0. The summed E-state index contributed by atoms with van der Waals surface area (Å²) in [5.41, 5.74) is 0. The largest absolute Gasteiger partial charge is 0.384 e. The molecule has 0 aliphatic rings. The molecule has 0 fully saturated rings. The van der Waals surface area contributed by atoms with E-state index in [-0.39, 0.29) is 5.38 Å². The van der Waals surface area contributed by atoms with Crippen LogP contribution < -0.4 is 0 Å². The Labute approximate surface area is 56.0 Å². The van der Waals surface area contributed by atoms with Gasteiger partial charge in [-0.15, -0.1) is 11.6 Å². The van der Waals surface area contributed by atoms with Crippen LogP contribution in [0.2, 0.25) is 0 Å². The molecule has 0 saturated heterocycles. The van der Waals surface area contributed by atoms with Crippen LogP contribution in [0.15, 0.2) is 0 Å². The van der Waals surface area contributed by atoms with E-state index in [0.29, 0.717) is 5.92 Å². The maximum Gasteiger partial charge on any atom is 0.0501 e. The first kappa shape index (κ1) is 8.25. The molecule has 0 rings (SSSR count). The van der Waals surface area contributed by atoms with Crippen molar-refractivity contribution < 1.29 is 4.74 Å². The van der Waals surface area contributed by atoms with E-state index in [1.54, 1.807) is 7.11 Å². The Balaban J connectivity index is 3.17. The lowest BCUT2D eigenvalue weighted by Gasteiger charge is -2.10. The minimum absolute atomic E-state index is 0.218. The summed E-state index contributed by atoms with van der Waals surface area (Å²) < 4.78 is 4.88. The molecule has 0 aromatic carbocycles. The Morgan fingerprint density at radius 3 is 2.12 bits per heavy atom. The molecule has 1 nitrogen and oxygen atoms in total. The van der Waals surface area contributed by atoms with Crippen molar-refractivity contribution in [1.82, 2.24) is 0 Å². The van der Waals surface area contributed by atoms with Crippen molar-refractivity contribution in [3.8, 4) is 0 Å². The number of alkyl halides is 1. The van der Waals surface area contributed by atoms with Crippen LogP contribution in [-0.2, 0) is 4.74 Å². The monoisotopic (exact) mass is 136 g/mol. The lowest BCUT2D eigenvalue weighted by atomic mass is 10.1. The van der Waals surface area contributed by atoms with Crippen LogP contribution in [0, 0.1) is 5.92 Å². The summed E-state index contributed by atoms with van der Waals surface area (Å²) >= 11 is 5.73. The van der Waals surface area contributed by atoms with Crippen LogP contribution >= 0.6 is 11.6 Å². The summed E-state index contributed by atoms with van der Waals surface area (Å²) in [5, 5.41) is 0.218. The van der Waals surface area contributed by atoms with Crippen molar-refractivity contribution in [2.24, 2.45) is 5.92 Å². The third-order valence-electron chi connectivity index (χ3n) is 1.21. The molecule has 0 aromatic rings. The van der Waals surface area contributed by atoms with Gasteiger partial charge < -0.3 is 4.74 Å². The Morgan fingerprint density at radius 2 is 2.00 bits per heavy atom. The van der Waals surface area contributed by atoms with Gasteiger partial charge in [0.25, 0.3) is 0 Å². The highest BCUT2D eigenvalue weighted by molar-refractivity contribution is 6.20. The third-order valence-corrected chi connectivity index (χ3v) is 1.64. The predicted octanol–water partition coefficient (Wildman–Crippen LogP) is 1.90. The molecule has 0 spiro atoms. The number of rotatable bonds is 3. The van der Waals surface area contributed by atoms with Crippen molar-refractivity contribution >= 4 is 11.6 Å². The van der Waals surface area contributed by atoms with E-state index in [2.05, 4.69) is 6.92 Å². The summed E-state index contributed by atoms with van der Waals surface area (Å²) in [6.45, 7) is 4.80. The van der Waals surface area contributed by atoms with Gasteiger partial charge in [0.1, 0.15) is 0 Å². The van der Waals surface area contributed by atoms with E-state index >= 15 is 0 Å². The highest BCUT2D eigenvalue weighted by Gasteiger charge is 2.06. The second kappa shape index (κ2) is 4.16. The quantitative estimate of drug-likeness (QED) is 0.539. The number of ether oxygens (including phenoxy) is 1. The predicted molar refractivity (Wildman–Crippen MR) is 36.4 cm³/mol. The number of methoxy groups -OCH3 is 1. The molecule has 2 atom stereocenters. The molecular formula is C6H13ClO. The highest BCUT2D eigenvalue weighted by atomic mass is 35.5. The van der Waals surface area contributed by atoms with Gasteiger partial charge in [-0.3, -0.25) is 0 Å². The molecule has 0 unspecified atom stereocenters. The van der Waals surface area contributed by atoms with Crippen molar-refractivity contribution in [1.29, 1.82) is 0 Å². The van der Waals surface area contributed by atoms with E-state index in [4.69, 9.17) is 16.3 Å². The second-order valence-electron chi connectivity index (χ2n) is 2.11. The lowest BCUT2D eigenvalue weighted by Crippen LogP contribution is -2.12. The van der Waals surface area contributed by atoms with Gasteiger partial charge >= 0.3 is 0 Å². The van der Waals surface area contributed by atoms with E-state index in [1.165, 1.54) is 0 Å². The van der Waals surface area contributed by atoms with Crippen molar-refractivity contribution in [2.75, 3.05) is 13.7 Å². The lowest BCUT2D eigenvalue weighted by molar-refractivity contribution is 0.159. The fraction of sp³-hybridized carbons (Fsp3) is 1.00. The maximum absolute atomic E-state index is 5.73. The summed E-state index contributed by atoms with van der Waals surface area (Å²) in [7, 11) is 1.69. The zero-order valence-corrected chi connectivity index (χ0v) is 6.40. The Morgan fingerprint density at radius 1 is 1.50 bits per heavy atom. The molecule has 0 amide bonds. The van der Waals surface area contributed by atoms with Crippen LogP contribution in [0.1, 0.15) is 13.8 Å². The smallest absolute Gasteiger partial charge is 0.0501 e. The van der Waals surface area contributed by atoms with Crippen LogP contribution in [-0.4, -0.2) is 19.1 Å². The van der Waals surface area contributed by atoms with Gasteiger partial charge in [-0.05, 0) is 12.8 Å². The first-order valence-corrected chi connectivity index (χ1v) is 3.25. The third kappa shape index (κ3) is 3.28. The second-order valence-corrected chi connectivity index (χ2v) is 2.80. The van der Waals surface area contributed by atoms with Gasteiger partial charge in [-0.25, -0.2) is 0 Å². The van der Waals surface area contributed by atoms with Gasteiger partial charge in [0.05, 0.1) is 6.61 Å². The topological polar surface area (TPSA) is 9.23 Å². The fourth-order valence-electron chi connectivity index (χ4n) is 0.395. The van der Waals surface area contributed by atoms with E-state index in [0.717, 1.165) is 6.61 Å². The molecule has 2 heteroatoms. The molecule has 0 aromatic heterocycles. The summed E-state index contributed by atoms with van der Waals surface area (Å²) in [5.74, 6) is 0.460. The van der Waals surface area contributed by atoms with Crippen LogP contribution in [0.4, 0.5) is 0 Å². The molecule has 0 aliphatic carbocycles. The van der Waals surface area contributed by atoms with Gasteiger partial charge in [-0.1, -0.05) is 6.92 Å². The average molecular weight is 137 g/mol. The zero-order chi connectivity index (χ0) is 6.57. The molecule has 8 heavy (non-hydrogen) atoms. The SMILES string of the molecule is COC[C@@H](C)[C@H](C)Cl. The van der Waals surface area contributed by atoms with Crippen LogP contribution in [0.3, 0.4) is 0 Å². The van der Waals surface area contributed by atoms with Crippen molar-refractivity contribution in [2.45, 2.75) is 19.2 Å². The minimum atomic E-state index is 0.218. The average Bonchev–Trinajstić information content (AvgIpc) is 1.67. The Kier molecular flexibility index (Phi) is 4.29. The molecule has 50 valence electrons. The molecule has 0 radical (unpaired) electrons. The van der Waals surface area contributed by atoms with Gasteiger partial charge in [0, 0.05) is 12.5 Å². The fourth-order valence-corrected chi connectivity index (χ4v) is 0.468. The van der Waals surface area contributed by atoms with E-state index < -0.39 is 0 Å². The molecule has 0 heterocycles. The normalized spacial score (nSPS) is 18.0. The summed E-state index contributed by atoms with van der Waals surface area (Å²) in [6.07, 6.45) is 0. The van der Waals surface area contributed by atoms with Crippen LogP contribution in [0.5, 0.6) is 0 Å². The highest BCUT2D eigenvalue weighted by Crippen LogP contribution is 2.08. The first-order chi connectivity index (χ1) is 3.68. The molecule has 0 saturated carbocycles. The Hall–Kier alpha value is 0.250. The zero-order valence-electron chi connectivity index (χ0n) is 5.65. The first-order valence-electron chi connectivity index (χ1n) is 2.81. The standard InChI is InChI=1S/C6H13ClO/c1-5(4-8-3)6(2)7/h5-6H,4H2,1-3H3/t5-,6+/m1/s1. The van der Waals surface area contributed by atoms with Gasteiger partial charge in [0.2, 0.25) is 0 Å². The van der Waals surface area contributed by atoms with Crippen molar-refractivity contribution in [3.63, 3.8) is 0 Å². The molecular weight excluding hydrogens is 124 g/mol. The molecule has 0 N–H and O–H groups in total. The van der Waals surface area contributed by atoms with E-state index in [1.807, 2.05) is 6.92 Å². The summed E-state index contributed by atoms with van der Waals surface area (Å²) in [4.78, 5) is 0. The molecule has 0 aliphatic heterocycles. The maximum atomic E-state index is 5.73. The van der Waals surface area contributed by atoms with E-state index in [9.17, 15) is 0 Å². The number of hydrogen-bond acceptors (Lipinski definition) is 1. The Bertz CT molecular complexity index is 54.5. The van der Waals surface area contributed by atoms with Gasteiger partial charge in [0.15, 0.2) is 0 Å². The van der Waals surface area contributed by atoms with Crippen LogP contribution in [0.25, 0.3) is 0 Å². The number of halogens is 1. The van der Waals surface area contributed by atoms with Crippen molar-refractivity contribution in [3.05, 3.63) is 0 Å². The minimum Gasteiger partial charge on any atom is -0.384 e. The number of hydrogen-bond donors (Lipinski definition) is 0. The van der Waals surface area contributed by atoms with Gasteiger partial charge in [-0.2, -0.15) is 0 Å². The molecule has 0 bridgehead atoms.